The molecule has 1 aromatic rings. The van der Waals surface area contributed by atoms with Gasteiger partial charge < -0.3 is 11.1 Å². The van der Waals surface area contributed by atoms with Gasteiger partial charge in [-0.1, -0.05) is 0 Å². The lowest BCUT2D eigenvalue weighted by molar-refractivity contribution is 0.881. The Morgan fingerprint density at radius 2 is 2.43 bits per heavy atom. The number of aliphatic imine (C=N–C) groups is 1. The average Bonchev–Trinajstić information content (AvgIpc) is 2.85. The number of rotatable bonds is 3. The maximum absolute atomic E-state index is 5.71. The largest absolute Gasteiger partial charge is 0.370 e. The highest BCUT2D eigenvalue weighted by Crippen LogP contribution is 2.18. The molecule has 1 heterocycles. The van der Waals surface area contributed by atoms with E-state index in [2.05, 4.69) is 29.4 Å². The third-order valence-corrected chi connectivity index (χ3v) is 3.12. The third-order valence-electron chi connectivity index (χ3n) is 2.13. The Balaban J connectivity index is 1.84. The number of guanidine groups is 1. The van der Waals surface area contributed by atoms with E-state index in [1.165, 1.54) is 22.6 Å². The Labute approximate surface area is 88.0 Å². The van der Waals surface area contributed by atoms with Crippen LogP contribution in [0.4, 0.5) is 0 Å². The van der Waals surface area contributed by atoms with E-state index in [0.29, 0.717) is 18.5 Å². The van der Waals surface area contributed by atoms with Gasteiger partial charge in [-0.25, -0.2) is 4.99 Å². The molecule has 4 heteroatoms. The van der Waals surface area contributed by atoms with Crippen LogP contribution in [0.2, 0.25) is 0 Å². The molecule has 0 aliphatic heterocycles. The summed E-state index contributed by atoms with van der Waals surface area (Å²) < 4.78 is 0. The summed E-state index contributed by atoms with van der Waals surface area (Å²) >= 11 is 1.77. The van der Waals surface area contributed by atoms with E-state index in [9.17, 15) is 0 Å². The second-order valence-electron chi connectivity index (χ2n) is 3.63. The van der Waals surface area contributed by atoms with Crippen molar-refractivity contribution in [2.45, 2.75) is 32.4 Å². The number of hydrogen-bond donors (Lipinski definition) is 2. The molecule has 76 valence electrons. The molecular weight excluding hydrogens is 194 g/mol. The van der Waals surface area contributed by atoms with Gasteiger partial charge in [-0.15, -0.1) is 11.3 Å². The summed E-state index contributed by atoms with van der Waals surface area (Å²) in [6, 6.07) is 4.80. The van der Waals surface area contributed by atoms with Crippen LogP contribution < -0.4 is 11.1 Å². The van der Waals surface area contributed by atoms with Crippen molar-refractivity contribution in [3.05, 3.63) is 21.9 Å². The zero-order chi connectivity index (χ0) is 9.97. The van der Waals surface area contributed by atoms with E-state index in [1.54, 1.807) is 11.3 Å². The first kappa shape index (κ1) is 9.52. The molecule has 1 aliphatic rings. The molecule has 1 saturated carbocycles. The molecule has 0 spiro atoms. The number of nitrogens with one attached hydrogen (secondary N) is 1. The Kier molecular flexibility index (Phi) is 2.72. The first-order valence-electron chi connectivity index (χ1n) is 4.86. The van der Waals surface area contributed by atoms with Crippen LogP contribution in [0.25, 0.3) is 0 Å². The van der Waals surface area contributed by atoms with E-state index >= 15 is 0 Å². The fraction of sp³-hybridized carbons (Fsp3) is 0.500. The first-order valence-corrected chi connectivity index (χ1v) is 5.67. The minimum Gasteiger partial charge on any atom is -0.370 e. The van der Waals surface area contributed by atoms with Gasteiger partial charge in [-0.3, -0.25) is 0 Å². The lowest BCUT2D eigenvalue weighted by Crippen LogP contribution is -2.33. The van der Waals surface area contributed by atoms with Crippen molar-refractivity contribution in [2.24, 2.45) is 10.7 Å². The molecule has 14 heavy (non-hydrogen) atoms. The lowest BCUT2D eigenvalue weighted by atomic mass is 10.4. The monoisotopic (exact) mass is 209 g/mol. The summed E-state index contributed by atoms with van der Waals surface area (Å²) in [7, 11) is 0. The molecule has 1 fully saturated rings. The third kappa shape index (κ3) is 2.73. The van der Waals surface area contributed by atoms with Crippen molar-refractivity contribution in [1.82, 2.24) is 5.32 Å². The maximum Gasteiger partial charge on any atom is 0.189 e. The predicted molar refractivity (Wildman–Crippen MR) is 60.5 cm³/mol. The van der Waals surface area contributed by atoms with Gasteiger partial charge in [0.25, 0.3) is 0 Å². The quantitative estimate of drug-likeness (QED) is 0.587. The van der Waals surface area contributed by atoms with Crippen molar-refractivity contribution in [3.63, 3.8) is 0 Å². The summed E-state index contributed by atoms with van der Waals surface area (Å²) in [5, 5.41) is 3.16. The van der Waals surface area contributed by atoms with Crippen molar-refractivity contribution in [3.8, 4) is 0 Å². The summed E-state index contributed by atoms with van der Waals surface area (Å²) in [6.45, 7) is 2.80. The maximum atomic E-state index is 5.71. The second kappa shape index (κ2) is 4.00. The summed E-state index contributed by atoms with van der Waals surface area (Å²) in [5.74, 6) is 0.582. The molecule has 3 nitrogen and oxygen atoms in total. The minimum absolute atomic E-state index is 0.582. The fourth-order valence-electron chi connectivity index (χ4n) is 1.22. The number of nitrogens with zero attached hydrogens (tertiary/aromatic N) is 1. The SMILES string of the molecule is Cc1ccc(CN=C(N)NC2CC2)s1. The molecule has 0 unspecified atom stereocenters. The summed E-state index contributed by atoms with van der Waals surface area (Å²) in [5.41, 5.74) is 5.71. The Bertz CT molecular complexity index is 339. The average molecular weight is 209 g/mol. The van der Waals surface area contributed by atoms with Gasteiger partial charge in [-0.05, 0) is 31.9 Å². The van der Waals surface area contributed by atoms with Crippen LogP contribution in [-0.4, -0.2) is 12.0 Å². The summed E-state index contributed by atoms with van der Waals surface area (Å²) in [4.78, 5) is 6.87. The smallest absolute Gasteiger partial charge is 0.189 e. The molecule has 1 aromatic heterocycles. The van der Waals surface area contributed by atoms with Crippen molar-refractivity contribution >= 4 is 17.3 Å². The minimum atomic E-state index is 0.582. The van der Waals surface area contributed by atoms with Crippen LogP contribution in [0.5, 0.6) is 0 Å². The highest BCUT2D eigenvalue weighted by molar-refractivity contribution is 7.11. The highest BCUT2D eigenvalue weighted by atomic mass is 32.1. The molecular formula is C10H15N3S. The van der Waals surface area contributed by atoms with Crippen LogP contribution in [0.15, 0.2) is 17.1 Å². The molecule has 0 aromatic carbocycles. The van der Waals surface area contributed by atoms with Crippen LogP contribution in [0, 0.1) is 6.92 Å². The molecule has 2 rings (SSSR count). The second-order valence-corrected chi connectivity index (χ2v) is 5.00. The van der Waals surface area contributed by atoms with E-state index in [1.807, 2.05) is 0 Å². The molecule has 0 bridgehead atoms. The number of hydrogen-bond acceptors (Lipinski definition) is 2. The number of nitrogens with two attached hydrogens (primary N) is 1. The van der Waals surface area contributed by atoms with Gasteiger partial charge >= 0.3 is 0 Å². The molecule has 0 atom stereocenters. The van der Waals surface area contributed by atoms with Gasteiger partial charge in [0.15, 0.2) is 5.96 Å². The Morgan fingerprint density at radius 3 is 3.00 bits per heavy atom. The molecule has 0 amide bonds. The number of aryl methyl sites for hydroxylation is 1. The van der Waals surface area contributed by atoms with Crippen LogP contribution in [-0.2, 0) is 6.54 Å². The van der Waals surface area contributed by atoms with Gasteiger partial charge in [-0.2, -0.15) is 0 Å². The molecule has 0 saturated heterocycles. The topological polar surface area (TPSA) is 50.4 Å². The van der Waals surface area contributed by atoms with Crippen molar-refractivity contribution in [2.75, 3.05) is 0 Å². The highest BCUT2D eigenvalue weighted by Gasteiger charge is 2.21. The normalized spacial score (nSPS) is 17.1. The Hall–Kier alpha value is -1.03. The zero-order valence-electron chi connectivity index (χ0n) is 8.29. The molecule has 0 radical (unpaired) electrons. The van der Waals surface area contributed by atoms with E-state index in [0.717, 1.165) is 0 Å². The van der Waals surface area contributed by atoms with Crippen LogP contribution >= 0.6 is 11.3 Å². The molecule has 3 N–H and O–H groups in total. The van der Waals surface area contributed by atoms with E-state index < -0.39 is 0 Å². The predicted octanol–water partition coefficient (Wildman–Crippen LogP) is 1.62. The Morgan fingerprint density at radius 1 is 1.64 bits per heavy atom. The molecule has 1 aliphatic carbocycles. The van der Waals surface area contributed by atoms with Crippen molar-refractivity contribution < 1.29 is 0 Å². The van der Waals surface area contributed by atoms with Gasteiger partial charge in [0.05, 0.1) is 6.54 Å². The van der Waals surface area contributed by atoms with Crippen LogP contribution in [0.3, 0.4) is 0 Å². The zero-order valence-corrected chi connectivity index (χ0v) is 9.10. The van der Waals surface area contributed by atoms with E-state index in [-0.39, 0.29) is 0 Å². The number of thiophene rings is 1. The van der Waals surface area contributed by atoms with Gasteiger partial charge in [0.1, 0.15) is 0 Å². The van der Waals surface area contributed by atoms with Crippen LogP contribution in [0.1, 0.15) is 22.6 Å². The van der Waals surface area contributed by atoms with Gasteiger partial charge in [0, 0.05) is 15.8 Å². The standard InChI is InChI=1S/C10H15N3S/c1-7-2-5-9(14-7)6-12-10(11)13-8-3-4-8/h2,5,8H,3-4,6H2,1H3,(H3,11,12,13). The first-order chi connectivity index (χ1) is 6.74. The van der Waals surface area contributed by atoms with E-state index in [4.69, 9.17) is 5.73 Å². The summed E-state index contributed by atoms with van der Waals surface area (Å²) in [6.07, 6.45) is 2.46. The van der Waals surface area contributed by atoms with Gasteiger partial charge in [0.2, 0.25) is 0 Å². The van der Waals surface area contributed by atoms with Crippen molar-refractivity contribution in [1.29, 1.82) is 0 Å². The lowest BCUT2D eigenvalue weighted by Gasteiger charge is -2.01. The fourth-order valence-corrected chi connectivity index (χ4v) is 2.03.